The molecule has 2 radical (unpaired) electrons. The van der Waals surface area contributed by atoms with E-state index in [-0.39, 0.29) is 0 Å². The SMILES string of the molecule is CCCOCCOCCO[Si]CCC. The number of ether oxygens (including phenoxy) is 2. The summed E-state index contributed by atoms with van der Waals surface area (Å²) in [6.45, 7) is 7.88. The molecule has 0 aromatic carbocycles. The summed E-state index contributed by atoms with van der Waals surface area (Å²) in [6, 6.07) is 1.17. The average molecular weight is 218 g/mol. The molecule has 0 saturated carbocycles. The first-order valence-electron chi connectivity index (χ1n) is 5.42. The normalized spacial score (nSPS) is 10.7. The van der Waals surface area contributed by atoms with Crippen LogP contribution in [0.15, 0.2) is 0 Å². The van der Waals surface area contributed by atoms with E-state index in [1.54, 1.807) is 0 Å². The fraction of sp³-hybridized carbons (Fsp3) is 1.00. The van der Waals surface area contributed by atoms with Gasteiger partial charge in [0.15, 0.2) is 0 Å². The summed E-state index contributed by atoms with van der Waals surface area (Å²) in [5, 5.41) is 0. The first-order chi connectivity index (χ1) is 6.91. The van der Waals surface area contributed by atoms with Gasteiger partial charge in [-0.1, -0.05) is 20.3 Å². The molecule has 0 rings (SSSR count). The minimum Gasteiger partial charge on any atom is -0.415 e. The fourth-order valence-corrected chi connectivity index (χ4v) is 1.39. The first kappa shape index (κ1) is 14.1. The van der Waals surface area contributed by atoms with Crippen molar-refractivity contribution >= 4 is 9.76 Å². The summed E-state index contributed by atoms with van der Waals surface area (Å²) < 4.78 is 15.9. The van der Waals surface area contributed by atoms with Gasteiger partial charge in [-0.2, -0.15) is 0 Å². The third-order valence-electron chi connectivity index (χ3n) is 1.50. The average Bonchev–Trinajstić information content (AvgIpc) is 2.21. The molecule has 4 heteroatoms. The van der Waals surface area contributed by atoms with Gasteiger partial charge >= 0.3 is 0 Å². The molecular weight excluding hydrogens is 196 g/mol. The van der Waals surface area contributed by atoms with Gasteiger partial charge in [0, 0.05) is 6.61 Å². The van der Waals surface area contributed by atoms with Gasteiger partial charge in [0.05, 0.1) is 26.4 Å². The van der Waals surface area contributed by atoms with E-state index in [1.165, 1.54) is 12.5 Å². The molecule has 0 saturated heterocycles. The molecule has 0 N–H and O–H groups in total. The van der Waals surface area contributed by atoms with E-state index in [2.05, 4.69) is 13.8 Å². The quantitative estimate of drug-likeness (QED) is 0.391. The monoisotopic (exact) mass is 218 g/mol. The van der Waals surface area contributed by atoms with Crippen LogP contribution in [0.5, 0.6) is 0 Å². The van der Waals surface area contributed by atoms with Crippen molar-refractivity contribution in [3.63, 3.8) is 0 Å². The maximum atomic E-state index is 5.36. The number of hydrogen-bond acceptors (Lipinski definition) is 3. The maximum absolute atomic E-state index is 5.36. The van der Waals surface area contributed by atoms with Crippen LogP contribution in [0, 0.1) is 0 Å². The van der Waals surface area contributed by atoms with Gasteiger partial charge in [0.2, 0.25) is 9.76 Å². The van der Waals surface area contributed by atoms with Gasteiger partial charge in [-0.25, -0.2) is 0 Å². The fourth-order valence-electron chi connectivity index (χ4n) is 0.813. The predicted octanol–water partition coefficient (Wildman–Crippen LogP) is 1.89. The van der Waals surface area contributed by atoms with Crippen LogP contribution in [0.3, 0.4) is 0 Å². The van der Waals surface area contributed by atoms with Gasteiger partial charge in [-0.15, -0.1) is 0 Å². The molecule has 0 aliphatic rings. The van der Waals surface area contributed by atoms with Crippen molar-refractivity contribution in [1.82, 2.24) is 0 Å². The van der Waals surface area contributed by atoms with Crippen LogP contribution in [-0.4, -0.2) is 42.8 Å². The van der Waals surface area contributed by atoms with E-state index in [9.17, 15) is 0 Å². The predicted molar refractivity (Wildman–Crippen MR) is 58.7 cm³/mol. The molecule has 0 aromatic heterocycles. The van der Waals surface area contributed by atoms with E-state index >= 15 is 0 Å². The second kappa shape index (κ2) is 13.1. The van der Waals surface area contributed by atoms with E-state index in [1.807, 2.05) is 0 Å². The summed E-state index contributed by atoms with van der Waals surface area (Å²) >= 11 is 0. The smallest absolute Gasteiger partial charge is 0.229 e. The van der Waals surface area contributed by atoms with Crippen LogP contribution in [0.25, 0.3) is 0 Å². The Morgan fingerprint density at radius 3 is 2.07 bits per heavy atom. The van der Waals surface area contributed by atoms with Crippen molar-refractivity contribution in [2.45, 2.75) is 32.7 Å². The van der Waals surface area contributed by atoms with Crippen LogP contribution in [0.2, 0.25) is 6.04 Å². The van der Waals surface area contributed by atoms with Gasteiger partial charge in [-0.05, 0) is 12.5 Å². The Morgan fingerprint density at radius 1 is 0.786 bits per heavy atom. The number of hydrogen-bond donors (Lipinski definition) is 0. The Hall–Kier alpha value is 0.0969. The van der Waals surface area contributed by atoms with Crippen molar-refractivity contribution in [3.05, 3.63) is 0 Å². The van der Waals surface area contributed by atoms with Gasteiger partial charge in [0.25, 0.3) is 0 Å². The molecule has 0 unspecified atom stereocenters. The van der Waals surface area contributed by atoms with Gasteiger partial charge < -0.3 is 13.9 Å². The van der Waals surface area contributed by atoms with Gasteiger partial charge in [-0.3, -0.25) is 0 Å². The minimum atomic E-state index is 0.633. The first-order valence-corrected chi connectivity index (χ1v) is 6.53. The Balaban J connectivity index is 2.78. The lowest BCUT2D eigenvalue weighted by Crippen LogP contribution is -2.10. The molecule has 0 aliphatic carbocycles. The molecule has 14 heavy (non-hydrogen) atoms. The second-order valence-electron chi connectivity index (χ2n) is 2.97. The highest BCUT2D eigenvalue weighted by atomic mass is 28.2. The maximum Gasteiger partial charge on any atom is 0.229 e. The summed E-state index contributed by atoms with van der Waals surface area (Å²) in [7, 11) is 0.633. The topological polar surface area (TPSA) is 27.7 Å². The van der Waals surface area contributed by atoms with Crippen molar-refractivity contribution in [2.24, 2.45) is 0 Å². The Morgan fingerprint density at radius 2 is 1.43 bits per heavy atom. The molecule has 0 fully saturated rings. The number of rotatable bonds is 11. The van der Waals surface area contributed by atoms with Gasteiger partial charge in [0.1, 0.15) is 0 Å². The molecule has 0 spiro atoms. The van der Waals surface area contributed by atoms with Crippen molar-refractivity contribution in [3.8, 4) is 0 Å². The largest absolute Gasteiger partial charge is 0.415 e. The lowest BCUT2D eigenvalue weighted by Gasteiger charge is -2.05. The second-order valence-corrected chi connectivity index (χ2v) is 4.04. The molecule has 0 atom stereocenters. The molecule has 0 heterocycles. The third-order valence-corrected chi connectivity index (χ3v) is 2.62. The zero-order chi connectivity index (χ0) is 10.5. The zero-order valence-corrected chi connectivity index (χ0v) is 10.4. The van der Waals surface area contributed by atoms with E-state index < -0.39 is 0 Å². The summed E-state index contributed by atoms with van der Waals surface area (Å²) in [6.07, 6.45) is 2.27. The Bertz CT molecular complexity index is 89.4. The van der Waals surface area contributed by atoms with Crippen LogP contribution in [0.4, 0.5) is 0 Å². The molecule has 0 amide bonds. The minimum absolute atomic E-state index is 0.633. The highest BCUT2D eigenvalue weighted by Gasteiger charge is 1.91. The van der Waals surface area contributed by atoms with Crippen LogP contribution in [-0.2, 0) is 13.9 Å². The lowest BCUT2D eigenvalue weighted by atomic mass is 10.5. The molecule has 0 bridgehead atoms. The van der Waals surface area contributed by atoms with E-state index in [0.717, 1.165) is 13.0 Å². The Labute approximate surface area is 90.1 Å². The molecule has 3 nitrogen and oxygen atoms in total. The summed E-state index contributed by atoms with van der Waals surface area (Å²) in [4.78, 5) is 0. The van der Waals surface area contributed by atoms with Crippen LogP contribution in [0.1, 0.15) is 26.7 Å². The van der Waals surface area contributed by atoms with Crippen LogP contribution < -0.4 is 0 Å². The van der Waals surface area contributed by atoms with E-state index in [0.29, 0.717) is 36.2 Å². The van der Waals surface area contributed by atoms with E-state index in [4.69, 9.17) is 13.9 Å². The van der Waals surface area contributed by atoms with Crippen molar-refractivity contribution in [2.75, 3.05) is 33.0 Å². The summed E-state index contributed by atoms with van der Waals surface area (Å²) in [5.74, 6) is 0. The van der Waals surface area contributed by atoms with Crippen molar-refractivity contribution < 1.29 is 13.9 Å². The van der Waals surface area contributed by atoms with Crippen LogP contribution >= 0.6 is 0 Å². The Kier molecular flexibility index (Phi) is 13.2. The molecule has 0 aromatic rings. The molecule has 84 valence electrons. The molecular formula is C10H22O3Si. The van der Waals surface area contributed by atoms with Crippen molar-refractivity contribution in [1.29, 1.82) is 0 Å². The third kappa shape index (κ3) is 12.1. The lowest BCUT2D eigenvalue weighted by molar-refractivity contribution is 0.0369. The highest BCUT2D eigenvalue weighted by Crippen LogP contribution is 1.87. The summed E-state index contributed by atoms with van der Waals surface area (Å²) in [5.41, 5.74) is 0. The standard InChI is InChI=1S/C10H22O3Si/c1-3-5-11-6-7-12-8-9-13-14-10-4-2/h3-10H2,1-2H3. The zero-order valence-electron chi connectivity index (χ0n) is 9.38. The molecule has 0 aliphatic heterocycles. The highest BCUT2D eigenvalue weighted by molar-refractivity contribution is 6.26.